The molecule has 2 rings (SSSR count). The molecule has 2 heterocycles. The molecule has 7 heteroatoms. The second kappa shape index (κ2) is 4.99. The van der Waals surface area contributed by atoms with Crippen molar-refractivity contribution in [3.05, 3.63) is 12.0 Å². The molecule has 1 aromatic rings. The summed E-state index contributed by atoms with van der Waals surface area (Å²) in [7, 11) is 0.271. The largest absolute Gasteiger partial charge is 0.337 e. The first-order chi connectivity index (χ1) is 8.45. The molecular formula is C11H20N4O2S. The van der Waals surface area contributed by atoms with E-state index in [1.54, 1.807) is 24.7 Å². The van der Waals surface area contributed by atoms with E-state index in [0.29, 0.717) is 24.8 Å². The van der Waals surface area contributed by atoms with E-state index < -0.39 is 10.0 Å². The number of rotatable bonds is 4. The van der Waals surface area contributed by atoms with E-state index in [1.165, 1.54) is 4.31 Å². The van der Waals surface area contributed by atoms with Gasteiger partial charge in [0.25, 0.3) is 10.0 Å². The summed E-state index contributed by atoms with van der Waals surface area (Å²) in [4.78, 5) is 4.12. The van der Waals surface area contributed by atoms with Crippen molar-refractivity contribution in [3.8, 4) is 0 Å². The summed E-state index contributed by atoms with van der Waals surface area (Å²) in [5.41, 5.74) is 0. The molecule has 1 aliphatic heterocycles. The Kier molecular flexibility index (Phi) is 3.74. The molecule has 1 aromatic heterocycles. The highest BCUT2D eigenvalue weighted by Crippen LogP contribution is 2.23. The lowest BCUT2D eigenvalue weighted by Gasteiger charge is -2.14. The van der Waals surface area contributed by atoms with Crippen molar-refractivity contribution < 1.29 is 8.42 Å². The minimum absolute atomic E-state index is 0.160. The summed E-state index contributed by atoms with van der Waals surface area (Å²) in [6.07, 6.45) is 2.49. The molecule has 1 fully saturated rings. The van der Waals surface area contributed by atoms with Gasteiger partial charge >= 0.3 is 0 Å². The SMILES string of the molecule is CNCC1CCN(S(=O)(=O)c2cn(C)c(C)n2)C1. The van der Waals surface area contributed by atoms with Crippen LogP contribution in [0, 0.1) is 12.8 Å². The predicted molar refractivity (Wildman–Crippen MR) is 68.7 cm³/mol. The van der Waals surface area contributed by atoms with Crippen LogP contribution in [0.5, 0.6) is 0 Å². The van der Waals surface area contributed by atoms with Gasteiger partial charge in [-0.15, -0.1) is 0 Å². The fourth-order valence-corrected chi connectivity index (χ4v) is 3.81. The zero-order valence-electron chi connectivity index (χ0n) is 11.0. The van der Waals surface area contributed by atoms with E-state index in [-0.39, 0.29) is 5.03 Å². The van der Waals surface area contributed by atoms with Gasteiger partial charge in [0.05, 0.1) is 0 Å². The van der Waals surface area contributed by atoms with Gasteiger partial charge in [-0.2, -0.15) is 4.31 Å². The van der Waals surface area contributed by atoms with E-state index in [2.05, 4.69) is 10.3 Å². The lowest BCUT2D eigenvalue weighted by Crippen LogP contribution is -2.30. The molecule has 0 spiro atoms. The second-order valence-corrected chi connectivity index (χ2v) is 6.70. The van der Waals surface area contributed by atoms with Crippen LogP contribution >= 0.6 is 0 Å². The number of nitrogens with one attached hydrogen (secondary N) is 1. The number of nitrogens with zero attached hydrogens (tertiary/aromatic N) is 3. The smallest absolute Gasteiger partial charge is 0.262 e. The summed E-state index contributed by atoms with van der Waals surface area (Å²) in [6.45, 7) is 3.82. The normalized spacial score (nSPS) is 21.6. The van der Waals surface area contributed by atoms with Gasteiger partial charge in [-0.25, -0.2) is 13.4 Å². The molecule has 102 valence electrons. The molecule has 0 aromatic carbocycles. The van der Waals surface area contributed by atoms with Crippen molar-refractivity contribution in [3.63, 3.8) is 0 Å². The minimum atomic E-state index is -3.42. The Bertz CT molecular complexity index is 504. The zero-order valence-corrected chi connectivity index (χ0v) is 11.9. The minimum Gasteiger partial charge on any atom is -0.337 e. The summed E-state index contributed by atoms with van der Waals surface area (Å²) in [5.74, 6) is 1.11. The molecule has 18 heavy (non-hydrogen) atoms. The van der Waals surface area contributed by atoms with Gasteiger partial charge in [0.2, 0.25) is 0 Å². The van der Waals surface area contributed by atoms with Crippen LogP contribution in [-0.2, 0) is 17.1 Å². The third kappa shape index (κ3) is 2.43. The van der Waals surface area contributed by atoms with E-state index in [1.807, 2.05) is 7.05 Å². The number of sulfonamides is 1. The molecule has 0 radical (unpaired) electrons. The maximum atomic E-state index is 12.4. The van der Waals surface area contributed by atoms with Crippen LogP contribution in [0.1, 0.15) is 12.2 Å². The Labute approximate surface area is 108 Å². The summed E-state index contributed by atoms with van der Waals surface area (Å²) >= 11 is 0. The van der Waals surface area contributed by atoms with Gasteiger partial charge in [0.15, 0.2) is 5.03 Å². The standard InChI is InChI=1S/C11H20N4O2S/c1-9-13-11(8-14(9)3)18(16,17)15-5-4-10(7-15)6-12-2/h8,10,12H,4-7H2,1-3H3. The third-order valence-corrected chi connectivity index (χ3v) is 5.17. The molecule has 6 nitrogen and oxygen atoms in total. The number of aryl methyl sites for hydroxylation is 2. The zero-order chi connectivity index (χ0) is 13.3. The van der Waals surface area contributed by atoms with Gasteiger partial charge in [-0.05, 0) is 32.9 Å². The Morgan fingerprint density at radius 1 is 1.56 bits per heavy atom. The Balaban J connectivity index is 2.17. The van der Waals surface area contributed by atoms with Crippen LogP contribution in [0.4, 0.5) is 0 Å². The van der Waals surface area contributed by atoms with Crippen LogP contribution < -0.4 is 5.32 Å². The first-order valence-corrected chi connectivity index (χ1v) is 7.54. The van der Waals surface area contributed by atoms with E-state index in [9.17, 15) is 8.42 Å². The molecule has 1 atom stereocenters. The number of hydrogen-bond acceptors (Lipinski definition) is 4. The Morgan fingerprint density at radius 3 is 2.83 bits per heavy atom. The maximum Gasteiger partial charge on any atom is 0.262 e. The Hall–Kier alpha value is -0.920. The highest BCUT2D eigenvalue weighted by Gasteiger charge is 2.33. The van der Waals surface area contributed by atoms with Crippen molar-refractivity contribution in [1.82, 2.24) is 19.2 Å². The van der Waals surface area contributed by atoms with Gasteiger partial charge in [-0.3, -0.25) is 0 Å². The van der Waals surface area contributed by atoms with Crippen LogP contribution in [0.2, 0.25) is 0 Å². The van der Waals surface area contributed by atoms with Crippen LogP contribution in [0.3, 0.4) is 0 Å². The molecule has 1 unspecified atom stereocenters. The summed E-state index contributed by atoms with van der Waals surface area (Å²) in [6, 6.07) is 0. The molecule has 0 aliphatic carbocycles. The van der Waals surface area contributed by atoms with Gasteiger partial charge in [0.1, 0.15) is 5.82 Å². The first kappa shape index (κ1) is 13.5. The van der Waals surface area contributed by atoms with E-state index in [4.69, 9.17) is 0 Å². The van der Waals surface area contributed by atoms with Crippen LogP contribution in [-0.4, -0.2) is 49.0 Å². The topological polar surface area (TPSA) is 67.2 Å². The first-order valence-electron chi connectivity index (χ1n) is 6.10. The van der Waals surface area contributed by atoms with Crippen molar-refractivity contribution in [2.75, 3.05) is 26.7 Å². The van der Waals surface area contributed by atoms with Gasteiger partial charge < -0.3 is 9.88 Å². The second-order valence-electron chi connectivity index (χ2n) is 4.81. The lowest BCUT2D eigenvalue weighted by atomic mass is 10.1. The van der Waals surface area contributed by atoms with Crippen molar-refractivity contribution >= 4 is 10.0 Å². The Morgan fingerprint density at radius 2 is 2.28 bits per heavy atom. The fourth-order valence-electron chi connectivity index (χ4n) is 2.25. The fraction of sp³-hybridized carbons (Fsp3) is 0.727. The molecule has 1 aliphatic rings. The highest BCUT2D eigenvalue weighted by molar-refractivity contribution is 7.89. The molecular weight excluding hydrogens is 252 g/mol. The molecule has 1 N–H and O–H groups in total. The van der Waals surface area contributed by atoms with Crippen LogP contribution in [0.15, 0.2) is 11.2 Å². The number of aromatic nitrogens is 2. The van der Waals surface area contributed by atoms with Gasteiger partial charge in [0, 0.05) is 26.3 Å². The molecule has 0 saturated carbocycles. The quantitative estimate of drug-likeness (QED) is 0.835. The van der Waals surface area contributed by atoms with Crippen molar-refractivity contribution in [1.29, 1.82) is 0 Å². The summed E-state index contributed by atoms with van der Waals surface area (Å²) in [5, 5.41) is 3.25. The molecule has 0 amide bonds. The van der Waals surface area contributed by atoms with E-state index in [0.717, 1.165) is 13.0 Å². The predicted octanol–water partition coefficient (Wildman–Crippen LogP) is -0.0415. The average Bonchev–Trinajstić information content (AvgIpc) is 2.88. The highest BCUT2D eigenvalue weighted by atomic mass is 32.2. The van der Waals surface area contributed by atoms with Crippen molar-refractivity contribution in [2.24, 2.45) is 13.0 Å². The monoisotopic (exact) mass is 272 g/mol. The lowest BCUT2D eigenvalue weighted by molar-refractivity contribution is 0.449. The van der Waals surface area contributed by atoms with Crippen LogP contribution in [0.25, 0.3) is 0 Å². The number of imidazole rings is 1. The van der Waals surface area contributed by atoms with E-state index >= 15 is 0 Å². The summed E-state index contributed by atoms with van der Waals surface area (Å²) < 4.78 is 28.0. The third-order valence-electron chi connectivity index (χ3n) is 3.43. The number of hydrogen-bond donors (Lipinski definition) is 1. The molecule has 0 bridgehead atoms. The maximum absolute atomic E-state index is 12.4. The van der Waals surface area contributed by atoms with Gasteiger partial charge in [-0.1, -0.05) is 0 Å². The molecule has 1 saturated heterocycles. The van der Waals surface area contributed by atoms with Crippen molar-refractivity contribution in [2.45, 2.75) is 18.4 Å². The average molecular weight is 272 g/mol.